The molecule has 0 spiro atoms. The van der Waals surface area contributed by atoms with Crippen LogP contribution in [0.25, 0.3) is 0 Å². The topological polar surface area (TPSA) is 30.9 Å². The lowest BCUT2D eigenvalue weighted by Crippen LogP contribution is -2.45. The summed E-state index contributed by atoms with van der Waals surface area (Å²) in [6.45, 7) is 0.293. The van der Waals surface area contributed by atoms with Crippen molar-refractivity contribution in [1.82, 2.24) is 4.90 Å². The Balaban J connectivity index is 1.54. The molecule has 2 bridgehead atoms. The summed E-state index contributed by atoms with van der Waals surface area (Å²) in [5.41, 5.74) is 1.72. The van der Waals surface area contributed by atoms with E-state index in [-0.39, 0.29) is 36.0 Å². The van der Waals surface area contributed by atoms with Gasteiger partial charge in [-0.05, 0) is 61.7 Å². The molecule has 4 nitrogen and oxygen atoms in total. The fraction of sp³-hybridized carbons (Fsp3) is 0.478. The zero-order chi connectivity index (χ0) is 20.4. The van der Waals surface area contributed by atoms with E-state index in [0.717, 1.165) is 30.4 Å². The van der Waals surface area contributed by atoms with Gasteiger partial charge in [-0.2, -0.15) is 0 Å². The molecule has 0 saturated carbocycles. The molecule has 2 aliphatic heterocycles. The molecule has 0 N–H and O–H groups in total. The molecule has 0 radical (unpaired) electrons. The summed E-state index contributed by atoms with van der Waals surface area (Å²) in [4.78, 5) is 2.38. The molecule has 2 saturated heterocycles. The summed E-state index contributed by atoms with van der Waals surface area (Å²) < 4.78 is 44.4. The van der Waals surface area contributed by atoms with Crippen molar-refractivity contribution in [3.63, 3.8) is 0 Å². The van der Waals surface area contributed by atoms with Crippen LogP contribution in [-0.4, -0.2) is 50.1 Å². The van der Waals surface area contributed by atoms with Gasteiger partial charge in [0.1, 0.15) is 24.5 Å². The summed E-state index contributed by atoms with van der Waals surface area (Å²) in [6, 6.07) is 13.3. The van der Waals surface area contributed by atoms with Crippen LogP contribution >= 0.6 is 0 Å². The minimum atomic E-state index is -0.373. The minimum Gasteiger partial charge on any atom is -0.365 e. The molecule has 4 atom stereocenters. The molecule has 2 heterocycles. The number of ether oxygens (including phenoxy) is 3. The summed E-state index contributed by atoms with van der Waals surface area (Å²) >= 11 is 0. The van der Waals surface area contributed by atoms with Crippen molar-refractivity contribution in [2.45, 2.75) is 49.7 Å². The Hall–Kier alpha value is -1.86. The fourth-order valence-corrected chi connectivity index (χ4v) is 4.64. The van der Waals surface area contributed by atoms with E-state index < -0.39 is 0 Å². The van der Waals surface area contributed by atoms with E-state index in [1.54, 1.807) is 31.4 Å². The van der Waals surface area contributed by atoms with Crippen LogP contribution in [0.4, 0.5) is 8.78 Å². The van der Waals surface area contributed by atoms with Crippen molar-refractivity contribution in [2.24, 2.45) is 0 Å². The lowest BCUT2D eigenvalue weighted by Gasteiger charge is -2.38. The van der Waals surface area contributed by atoms with Crippen LogP contribution in [-0.2, 0) is 14.2 Å². The first-order valence-electron chi connectivity index (χ1n) is 10.0. The molecule has 2 aromatic carbocycles. The SMILES string of the molecule is COCO[C@@H]1C[C@@H]2C[C@H](OC(c3ccc(F)cc3)c3ccc(F)cc3)C[C@H]1N2C. The second-order valence-corrected chi connectivity index (χ2v) is 7.95. The Bertz CT molecular complexity index is 753. The molecule has 0 amide bonds. The number of rotatable bonds is 7. The third kappa shape index (κ3) is 4.51. The van der Waals surface area contributed by atoms with E-state index >= 15 is 0 Å². The van der Waals surface area contributed by atoms with Gasteiger partial charge in [-0.3, -0.25) is 4.90 Å². The molecule has 2 fully saturated rings. The second kappa shape index (κ2) is 8.88. The van der Waals surface area contributed by atoms with Gasteiger partial charge in [0.15, 0.2) is 0 Å². The predicted molar refractivity (Wildman–Crippen MR) is 105 cm³/mol. The highest BCUT2D eigenvalue weighted by molar-refractivity contribution is 5.30. The molecular formula is C23H27F2NO3. The summed E-state index contributed by atoms with van der Waals surface area (Å²) in [5, 5.41) is 0. The first kappa shape index (κ1) is 20.4. The molecule has 6 heteroatoms. The average molecular weight is 403 g/mol. The monoisotopic (exact) mass is 403 g/mol. The van der Waals surface area contributed by atoms with Crippen molar-refractivity contribution in [3.8, 4) is 0 Å². The van der Waals surface area contributed by atoms with Gasteiger partial charge in [0, 0.05) is 19.2 Å². The van der Waals surface area contributed by atoms with Gasteiger partial charge < -0.3 is 14.2 Å². The smallest absolute Gasteiger partial charge is 0.146 e. The number of likely N-dealkylation sites (N-methyl/N-ethyl adjacent to an activating group) is 1. The standard InChI is InChI=1S/C23H27F2NO3/c1-26-19-11-20(13-21(26)22(12-19)28-14-27-2)29-23(15-3-7-17(24)8-4-15)16-5-9-18(25)10-6-16/h3-10,19-23H,11-14H2,1-2H3/t19-,20-,21+,22+/m0/s1. The Morgan fingerprint density at radius 3 is 2.07 bits per heavy atom. The molecular weight excluding hydrogens is 376 g/mol. The van der Waals surface area contributed by atoms with Crippen LogP contribution in [0.3, 0.4) is 0 Å². The van der Waals surface area contributed by atoms with Crippen molar-refractivity contribution >= 4 is 0 Å². The van der Waals surface area contributed by atoms with Crippen molar-refractivity contribution in [1.29, 1.82) is 0 Å². The highest BCUT2D eigenvalue weighted by Crippen LogP contribution is 2.40. The summed E-state index contributed by atoms with van der Waals surface area (Å²) in [7, 11) is 3.77. The van der Waals surface area contributed by atoms with Crippen molar-refractivity contribution < 1.29 is 23.0 Å². The van der Waals surface area contributed by atoms with Gasteiger partial charge in [0.25, 0.3) is 0 Å². The quantitative estimate of drug-likeness (QED) is 0.645. The minimum absolute atomic E-state index is 0.0393. The molecule has 0 unspecified atom stereocenters. The summed E-state index contributed by atoms with van der Waals surface area (Å²) in [5.74, 6) is -0.579. The Morgan fingerprint density at radius 2 is 1.52 bits per heavy atom. The molecule has 2 aromatic rings. The zero-order valence-corrected chi connectivity index (χ0v) is 16.8. The summed E-state index contributed by atoms with van der Waals surface area (Å²) in [6.07, 6.45) is 2.51. The van der Waals surface area contributed by atoms with E-state index in [0.29, 0.717) is 12.8 Å². The van der Waals surface area contributed by atoms with Crippen LogP contribution in [0.2, 0.25) is 0 Å². The van der Waals surface area contributed by atoms with E-state index in [9.17, 15) is 8.78 Å². The average Bonchev–Trinajstić information content (AvgIpc) is 2.89. The first-order chi connectivity index (χ1) is 14.0. The number of fused-ring (bicyclic) bond motifs is 2. The predicted octanol–water partition coefficient (Wildman–Crippen LogP) is 4.30. The Labute approximate surface area is 170 Å². The van der Waals surface area contributed by atoms with Crippen LogP contribution < -0.4 is 0 Å². The van der Waals surface area contributed by atoms with Gasteiger partial charge in [-0.15, -0.1) is 0 Å². The molecule has 4 rings (SSSR count). The molecule has 2 aliphatic rings. The second-order valence-electron chi connectivity index (χ2n) is 7.95. The highest BCUT2D eigenvalue weighted by atomic mass is 19.1. The normalized spacial score (nSPS) is 26.9. The zero-order valence-electron chi connectivity index (χ0n) is 16.8. The number of hydrogen-bond acceptors (Lipinski definition) is 4. The van der Waals surface area contributed by atoms with Crippen LogP contribution in [0.1, 0.15) is 36.5 Å². The van der Waals surface area contributed by atoms with Crippen molar-refractivity contribution in [3.05, 3.63) is 71.3 Å². The van der Waals surface area contributed by atoms with Gasteiger partial charge >= 0.3 is 0 Å². The maximum absolute atomic E-state index is 13.4. The van der Waals surface area contributed by atoms with Crippen LogP contribution in [0, 0.1) is 11.6 Å². The van der Waals surface area contributed by atoms with Crippen LogP contribution in [0.5, 0.6) is 0 Å². The third-order valence-electron chi connectivity index (χ3n) is 6.15. The van der Waals surface area contributed by atoms with Gasteiger partial charge in [0.05, 0.1) is 12.2 Å². The van der Waals surface area contributed by atoms with E-state index in [2.05, 4.69) is 11.9 Å². The van der Waals surface area contributed by atoms with Crippen molar-refractivity contribution in [2.75, 3.05) is 21.0 Å². The first-order valence-corrected chi connectivity index (χ1v) is 10.0. The highest BCUT2D eigenvalue weighted by Gasteiger charge is 2.46. The number of benzene rings is 2. The molecule has 0 aromatic heterocycles. The van der Waals surface area contributed by atoms with Gasteiger partial charge in [-0.25, -0.2) is 8.78 Å². The number of methoxy groups -OCH3 is 1. The lowest BCUT2D eigenvalue weighted by molar-refractivity contribution is -0.0933. The lowest BCUT2D eigenvalue weighted by atomic mass is 9.97. The number of nitrogens with zero attached hydrogens (tertiary/aromatic N) is 1. The van der Waals surface area contributed by atoms with Gasteiger partial charge in [0.2, 0.25) is 0 Å². The molecule has 156 valence electrons. The maximum atomic E-state index is 13.4. The number of halogens is 2. The number of piperidine rings is 1. The Kier molecular flexibility index (Phi) is 6.25. The van der Waals surface area contributed by atoms with E-state index in [1.165, 1.54) is 24.3 Å². The van der Waals surface area contributed by atoms with E-state index in [4.69, 9.17) is 14.2 Å². The van der Waals surface area contributed by atoms with Crippen LogP contribution in [0.15, 0.2) is 48.5 Å². The molecule has 29 heavy (non-hydrogen) atoms. The Morgan fingerprint density at radius 1 is 0.931 bits per heavy atom. The largest absolute Gasteiger partial charge is 0.365 e. The van der Waals surface area contributed by atoms with Gasteiger partial charge in [-0.1, -0.05) is 24.3 Å². The maximum Gasteiger partial charge on any atom is 0.146 e. The molecule has 0 aliphatic carbocycles. The number of hydrogen-bond donors (Lipinski definition) is 0. The van der Waals surface area contributed by atoms with E-state index in [1.807, 2.05) is 0 Å². The fourth-order valence-electron chi connectivity index (χ4n) is 4.64. The third-order valence-corrected chi connectivity index (χ3v) is 6.15.